The number of nitrogens with two attached hydrogens (primary N) is 1. The highest BCUT2D eigenvalue weighted by Crippen LogP contribution is 2.29. The van der Waals surface area contributed by atoms with E-state index in [1.807, 2.05) is 18.2 Å². The first-order valence-electron chi connectivity index (χ1n) is 6.72. The number of carbonyl (C=O) groups excluding carboxylic acids is 1. The molecule has 0 aromatic heterocycles. The van der Waals surface area contributed by atoms with Crippen molar-refractivity contribution in [2.75, 3.05) is 38.6 Å². The second-order valence-electron chi connectivity index (χ2n) is 5.60. The van der Waals surface area contributed by atoms with Gasteiger partial charge in [0, 0.05) is 30.9 Å². The Morgan fingerprint density at radius 1 is 1.47 bits per heavy atom. The van der Waals surface area contributed by atoms with Crippen molar-refractivity contribution in [3.05, 3.63) is 29.8 Å². The summed E-state index contributed by atoms with van der Waals surface area (Å²) < 4.78 is 0. The van der Waals surface area contributed by atoms with Crippen LogP contribution in [0.4, 0.5) is 5.69 Å². The Balaban J connectivity index is 2.21. The van der Waals surface area contributed by atoms with Gasteiger partial charge in [0.1, 0.15) is 0 Å². The molecular formula is C15H23N3O. The maximum absolute atomic E-state index is 11.5. The molecule has 1 fully saturated rings. The lowest BCUT2D eigenvalue weighted by molar-refractivity contribution is 0.101. The average Bonchev–Trinajstić information content (AvgIpc) is 2.84. The van der Waals surface area contributed by atoms with E-state index in [0.717, 1.165) is 30.8 Å². The van der Waals surface area contributed by atoms with E-state index in [9.17, 15) is 4.79 Å². The summed E-state index contributed by atoms with van der Waals surface area (Å²) in [5, 5.41) is 0. The monoisotopic (exact) mass is 261 g/mol. The Morgan fingerprint density at radius 3 is 2.74 bits per heavy atom. The highest BCUT2D eigenvalue weighted by molar-refractivity contribution is 5.95. The van der Waals surface area contributed by atoms with Crippen molar-refractivity contribution in [2.45, 2.75) is 18.9 Å². The summed E-state index contributed by atoms with van der Waals surface area (Å²) in [6.45, 7) is 4.16. The van der Waals surface area contributed by atoms with Gasteiger partial charge in [-0.05, 0) is 39.6 Å². The fourth-order valence-electron chi connectivity index (χ4n) is 2.71. The SMILES string of the molecule is CC(=O)c1cccc(N2CCC(CN)(N(C)C)C2)c1. The molecule has 0 radical (unpaired) electrons. The summed E-state index contributed by atoms with van der Waals surface area (Å²) in [6.07, 6.45) is 1.06. The van der Waals surface area contributed by atoms with E-state index in [1.165, 1.54) is 0 Å². The second-order valence-corrected chi connectivity index (χ2v) is 5.60. The first kappa shape index (κ1) is 14.0. The fraction of sp³-hybridized carbons (Fsp3) is 0.533. The average molecular weight is 261 g/mol. The van der Waals surface area contributed by atoms with Crippen LogP contribution in [0.3, 0.4) is 0 Å². The van der Waals surface area contributed by atoms with Gasteiger partial charge in [-0.2, -0.15) is 0 Å². The van der Waals surface area contributed by atoms with Crippen LogP contribution in [-0.2, 0) is 0 Å². The maximum atomic E-state index is 11.5. The van der Waals surface area contributed by atoms with E-state index in [4.69, 9.17) is 5.73 Å². The Labute approximate surface area is 115 Å². The number of carbonyl (C=O) groups is 1. The summed E-state index contributed by atoms with van der Waals surface area (Å²) in [5.41, 5.74) is 7.90. The van der Waals surface area contributed by atoms with Crippen molar-refractivity contribution >= 4 is 11.5 Å². The second kappa shape index (κ2) is 5.31. The lowest BCUT2D eigenvalue weighted by atomic mass is 9.97. The minimum Gasteiger partial charge on any atom is -0.370 e. The molecule has 1 saturated heterocycles. The topological polar surface area (TPSA) is 49.6 Å². The van der Waals surface area contributed by atoms with E-state index in [1.54, 1.807) is 6.92 Å². The van der Waals surface area contributed by atoms with Gasteiger partial charge in [0.2, 0.25) is 0 Å². The third kappa shape index (κ3) is 2.65. The lowest BCUT2D eigenvalue weighted by Gasteiger charge is -2.35. The molecule has 19 heavy (non-hydrogen) atoms. The minimum absolute atomic E-state index is 0.0478. The molecule has 1 atom stereocenters. The van der Waals surface area contributed by atoms with Gasteiger partial charge in [-0.25, -0.2) is 0 Å². The van der Waals surface area contributed by atoms with Crippen molar-refractivity contribution in [1.82, 2.24) is 4.90 Å². The molecule has 2 N–H and O–H groups in total. The zero-order valence-electron chi connectivity index (χ0n) is 12.0. The molecule has 1 unspecified atom stereocenters. The fourth-order valence-corrected chi connectivity index (χ4v) is 2.71. The number of rotatable bonds is 4. The molecule has 104 valence electrons. The molecule has 1 aromatic carbocycles. The minimum atomic E-state index is 0.0478. The van der Waals surface area contributed by atoms with Crippen molar-refractivity contribution in [1.29, 1.82) is 0 Å². The number of Topliss-reactive ketones (excluding diaryl/α,β-unsaturated/α-hetero) is 1. The molecule has 4 nitrogen and oxygen atoms in total. The summed E-state index contributed by atoms with van der Waals surface area (Å²) in [5.74, 6) is 0.110. The molecule has 1 aliphatic heterocycles. The van der Waals surface area contributed by atoms with Crippen LogP contribution in [0.5, 0.6) is 0 Å². The van der Waals surface area contributed by atoms with Crippen LogP contribution in [0.15, 0.2) is 24.3 Å². The number of anilines is 1. The molecule has 0 amide bonds. The molecule has 1 aromatic rings. The zero-order valence-corrected chi connectivity index (χ0v) is 12.0. The molecule has 1 heterocycles. The van der Waals surface area contributed by atoms with Crippen molar-refractivity contribution in [3.63, 3.8) is 0 Å². The molecule has 4 heteroatoms. The highest BCUT2D eigenvalue weighted by atomic mass is 16.1. The van der Waals surface area contributed by atoms with Gasteiger partial charge >= 0.3 is 0 Å². The van der Waals surface area contributed by atoms with E-state index in [-0.39, 0.29) is 11.3 Å². The summed E-state index contributed by atoms with van der Waals surface area (Å²) in [6, 6.07) is 7.85. The van der Waals surface area contributed by atoms with E-state index >= 15 is 0 Å². The van der Waals surface area contributed by atoms with Crippen molar-refractivity contribution in [3.8, 4) is 0 Å². The summed E-state index contributed by atoms with van der Waals surface area (Å²) in [7, 11) is 4.17. The van der Waals surface area contributed by atoms with Gasteiger partial charge in [0.15, 0.2) is 5.78 Å². The van der Waals surface area contributed by atoms with Crippen LogP contribution in [0, 0.1) is 0 Å². The maximum Gasteiger partial charge on any atom is 0.159 e. The number of ketones is 1. The predicted molar refractivity (Wildman–Crippen MR) is 78.7 cm³/mol. The molecule has 0 saturated carbocycles. The van der Waals surface area contributed by atoms with Crippen LogP contribution in [0.25, 0.3) is 0 Å². The summed E-state index contributed by atoms with van der Waals surface area (Å²) in [4.78, 5) is 16.0. The van der Waals surface area contributed by atoms with Gasteiger partial charge < -0.3 is 15.5 Å². The first-order chi connectivity index (χ1) is 8.98. The zero-order chi connectivity index (χ0) is 14.0. The molecule has 1 aliphatic rings. The van der Waals surface area contributed by atoms with Crippen molar-refractivity contribution in [2.24, 2.45) is 5.73 Å². The number of hydrogen-bond acceptors (Lipinski definition) is 4. The van der Waals surface area contributed by atoms with Crippen LogP contribution in [-0.4, -0.2) is 50.0 Å². The van der Waals surface area contributed by atoms with Crippen LogP contribution < -0.4 is 10.6 Å². The summed E-state index contributed by atoms with van der Waals surface area (Å²) >= 11 is 0. The Kier molecular flexibility index (Phi) is 3.92. The molecule has 0 bridgehead atoms. The molecule has 0 aliphatic carbocycles. The number of likely N-dealkylation sites (N-methyl/N-ethyl adjacent to an activating group) is 1. The van der Waals surface area contributed by atoms with E-state index in [2.05, 4.69) is 30.0 Å². The largest absolute Gasteiger partial charge is 0.370 e. The van der Waals surface area contributed by atoms with Crippen LogP contribution >= 0.6 is 0 Å². The third-order valence-corrected chi connectivity index (χ3v) is 4.28. The third-order valence-electron chi connectivity index (χ3n) is 4.28. The van der Waals surface area contributed by atoms with Gasteiger partial charge in [0.25, 0.3) is 0 Å². The lowest BCUT2D eigenvalue weighted by Crippen LogP contribution is -2.52. The van der Waals surface area contributed by atoms with E-state index < -0.39 is 0 Å². The van der Waals surface area contributed by atoms with Gasteiger partial charge in [-0.15, -0.1) is 0 Å². The van der Waals surface area contributed by atoms with Crippen LogP contribution in [0.1, 0.15) is 23.7 Å². The standard InChI is InChI=1S/C15H23N3O/c1-12(19)13-5-4-6-14(9-13)18-8-7-15(10-16,11-18)17(2)3/h4-6,9H,7-8,10-11,16H2,1-3H3. The molecule has 2 rings (SSSR count). The Morgan fingerprint density at radius 2 is 2.21 bits per heavy atom. The van der Waals surface area contributed by atoms with Crippen molar-refractivity contribution < 1.29 is 4.79 Å². The Bertz CT molecular complexity index is 472. The van der Waals surface area contributed by atoms with E-state index in [0.29, 0.717) is 6.54 Å². The normalized spacial score (nSPS) is 23.1. The van der Waals surface area contributed by atoms with Gasteiger partial charge in [-0.1, -0.05) is 12.1 Å². The van der Waals surface area contributed by atoms with Gasteiger partial charge in [0.05, 0.1) is 5.54 Å². The number of hydrogen-bond donors (Lipinski definition) is 1. The number of nitrogens with zero attached hydrogens (tertiary/aromatic N) is 2. The van der Waals surface area contributed by atoms with Crippen LogP contribution in [0.2, 0.25) is 0 Å². The quantitative estimate of drug-likeness (QED) is 0.831. The molecule has 0 spiro atoms. The predicted octanol–water partition coefficient (Wildman–Crippen LogP) is 1.36. The Hall–Kier alpha value is -1.39. The van der Waals surface area contributed by atoms with Gasteiger partial charge in [-0.3, -0.25) is 4.79 Å². The first-order valence-corrected chi connectivity index (χ1v) is 6.72. The highest BCUT2D eigenvalue weighted by Gasteiger charge is 2.38. The smallest absolute Gasteiger partial charge is 0.159 e. The molecular weight excluding hydrogens is 238 g/mol. The number of benzene rings is 1.